The normalized spacial score (nSPS) is 17.1. The number of aryl methyl sites for hydroxylation is 1. The van der Waals surface area contributed by atoms with Gasteiger partial charge in [0.25, 0.3) is 5.95 Å². The van der Waals surface area contributed by atoms with Crippen LogP contribution in [-0.2, 0) is 37.3 Å². The second kappa shape index (κ2) is 13.7. The van der Waals surface area contributed by atoms with Crippen molar-refractivity contribution in [1.29, 1.82) is 5.26 Å². The largest absolute Gasteiger partial charge is 0.481 e. The van der Waals surface area contributed by atoms with Gasteiger partial charge in [0.05, 0.1) is 29.8 Å². The van der Waals surface area contributed by atoms with Crippen molar-refractivity contribution in [1.82, 2.24) is 25.2 Å². The van der Waals surface area contributed by atoms with Crippen LogP contribution in [0.25, 0.3) is 0 Å². The number of tetrazole rings is 1. The second-order valence-corrected chi connectivity index (χ2v) is 11.2. The molecule has 0 radical (unpaired) electrons. The van der Waals surface area contributed by atoms with E-state index in [1.165, 1.54) is 18.0 Å². The number of carboxylic acid groups (broad SMARTS) is 1. The molecular weight excluding hydrogens is 606 g/mol. The molecule has 16 heteroatoms. The zero-order chi connectivity index (χ0) is 32.9. The number of nitrogens with zero attached hydrogens (tertiary/aromatic N) is 8. The SMILES string of the molecule is CCN(CC1CCC(CC(=O)O)CC1)c1ncc(C(F)(F)F)cc1CN(Cc1cc(C#N)cc(C(F)(F)F)c1)c1nnn(C)n1. The molecule has 1 aliphatic rings. The zero-order valence-electron chi connectivity index (χ0n) is 24.6. The van der Waals surface area contributed by atoms with E-state index in [1.807, 2.05) is 11.8 Å². The topological polar surface area (TPSA) is 124 Å². The van der Waals surface area contributed by atoms with Gasteiger partial charge in [0.2, 0.25) is 0 Å². The summed E-state index contributed by atoms with van der Waals surface area (Å²) in [6, 6.07) is 5.54. The Hall–Kier alpha value is -4.42. The molecule has 1 aromatic carbocycles. The van der Waals surface area contributed by atoms with Crippen molar-refractivity contribution in [2.45, 2.75) is 64.5 Å². The van der Waals surface area contributed by atoms with E-state index in [-0.39, 0.29) is 59.8 Å². The number of rotatable bonds is 11. The first-order chi connectivity index (χ1) is 21.2. The minimum absolute atomic E-state index is 0.0448. The lowest BCUT2D eigenvalue weighted by Gasteiger charge is -2.34. The van der Waals surface area contributed by atoms with Crippen molar-refractivity contribution in [2.75, 3.05) is 22.9 Å². The lowest BCUT2D eigenvalue weighted by Crippen LogP contribution is -2.34. The summed E-state index contributed by atoms with van der Waals surface area (Å²) in [5.74, 6) is -0.369. The number of halogens is 6. The van der Waals surface area contributed by atoms with E-state index in [0.29, 0.717) is 13.1 Å². The van der Waals surface area contributed by atoms with E-state index < -0.39 is 29.4 Å². The maximum Gasteiger partial charge on any atom is 0.417 e. The van der Waals surface area contributed by atoms with Crippen LogP contribution in [0.3, 0.4) is 0 Å². The first-order valence-electron chi connectivity index (χ1n) is 14.3. The highest BCUT2D eigenvalue weighted by Crippen LogP contribution is 2.36. The number of alkyl halides is 6. The van der Waals surface area contributed by atoms with Crippen LogP contribution in [0.15, 0.2) is 30.5 Å². The van der Waals surface area contributed by atoms with E-state index in [0.717, 1.165) is 54.9 Å². The van der Waals surface area contributed by atoms with Gasteiger partial charge in [-0.3, -0.25) is 4.79 Å². The zero-order valence-corrected chi connectivity index (χ0v) is 24.6. The maximum absolute atomic E-state index is 13.8. The molecule has 2 heterocycles. The Bertz CT molecular complexity index is 1530. The Kier molecular flexibility index (Phi) is 10.2. The Labute approximate surface area is 255 Å². The first-order valence-corrected chi connectivity index (χ1v) is 14.3. The molecule has 1 N–H and O–H groups in total. The van der Waals surface area contributed by atoms with Gasteiger partial charge in [-0.2, -0.15) is 36.4 Å². The molecular formula is C29H32F6N8O2. The van der Waals surface area contributed by atoms with Crippen molar-refractivity contribution in [3.8, 4) is 6.07 Å². The molecule has 0 atom stereocenters. The summed E-state index contributed by atoms with van der Waals surface area (Å²) in [5.41, 5.74) is -2.06. The summed E-state index contributed by atoms with van der Waals surface area (Å²) in [5, 5.41) is 30.3. The van der Waals surface area contributed by atoms with Gasteiger partial charge in [-0.05, 0) is 79.5 Å². The first kappa shape index (κ1) is 33.5. The van der Waals surface area contributed by atoms with E-state index in [9.17, 15) is 36.4 Å². The van der Waals surface area contributed by atoms with Crippen molar-refractivity contribution in [3.05, 3.63) is 58.3 Å². The predicted octanol–water partition coefficient (Wildman–Crippen LogP) is 5.83. The minimum atomic E-state index is -4.73. The summed E-state index contributed by atoms with van der Waals surface area (Å²) in [6.07, 6.45) is -5.61. The van der Waals surface area contributed by atoms with Crippen molar-refractivity contribution >= 4 is 17.7 Å². The van der Waals surface area contributed by atoms with E-state index in [2.05, 4.69) is 20.4 Å². The third kappa shape index (κ3) is 8.83. The number of anilines is 2. The van der Waals surface area contributed by atoms with Crippen LogP contribution in [0.4, 0.5) is 38.1 Å². The fourth-order valence-electron chi connectivity index (χ4n) is 5.64. The number of hydrogen-bond donors (Lipinski definition) is 1. The van der Waals surface area contributed by atoms with Gasteiger partial charge in [0, 0.05) is 44.4 Å². The fourth-order valence-corrected chi connectivity index (χ4v) is 5.64. The van der Waals surface area contributed by atoms with Gasteiger partial charge >= 0.3 is 18.3 Å². The van der Waals surface area contributed by atoms with E-state index in [1.54, 1.807) is 6.07 Å². The number of carboxylic acids is 1. The molecule has 1 aliphatic carbocycles. The molecule has 0 aliphatic heterocycles. The van der Waals surface area contributed by atoms with Crippen molar-refractivity contribution in [3.63, 3.8) is 0 Å². The van der Waals surface area contributed by atoms with Gasteiger partial charge < -0.3 is 14.9 Å². The highest BCUT2D eigenvalue weighted by molar-refractivity contribution is 5.67. The standard InChI is InChI=1S/C29H32F6N8O2/c1-3-42(15-19-6-4-18(5-7-19)11-25(44)45)26-22(12-24(14-37-26)29(33,34)35)17-43(27-38-40-41(2)39-27)16-21-8-20(13-36)9-23(10-21)28(30,31)32/h8-10,12,14,18-19H,3-7,11,15-17H2,1-2H3,(H,44,45). The maximum atomic E-state index is 13.8. The molecule has 4 rings (SSSR count). The molecule has 0 saturated heterocycles. The third-order valence-electron chi connectivity index (χ3n) is 7.82. The molecule has 0 unspecified atom stereocenters. The number of nitriles is 1. The van der Waals surface area contributed by atoms with Gasteiger partial charge in [0.15, 0.2) is 0 Å². The summed E-state index contributed by atoms with van der Waals surface area (Å²) < 4.78 is 82.3. The Balaban J connectivity index is 1.69. The molecule has 10 nitrogen and oxygen atoms in total. The van der Waals surface area contributed by atoms with Crippen LogP contribution in [0.2, 0.25) is 0 Å². The Morgan fingerprint density at radius 2 is 1.67 bits per heavy atom. The van der Waals surface area contributed by atoms with Crippen molar-refractivity contribution in [2.24, 2.45) is 18.9 Å². The second-order valence-electron chi connectivity index (χ2n) is 11.2. The van der Waals surface area contributed by atoms with Crippen LogP contribution in [0.5, 0.6) is 0 Å². The van der Waals surface area contributed by atoms with Crippen LogP contribution >= 0.6 is 0 Å². The fraction of sp³-hybridized carbons (Fsp3) is 0.517. The van der Waals surface area contributed by atoms with E-state index in [4.69, 9.17) is 5.11 Å². The molecule has 0 spiro atoms. The van der Waals surface area contributed by atoms with Crippen LogP contribution in [0.1, 0.15) is 66.8 Å². The molecule has 242 valence electrons. The number of pyridine rings is 1. The Morgan fingerprint density at radius 1 is 1.00 bits per heavy atom. The lowest BCUT2D eigenvalue weighted by atomic mass is 9.80. The monoisotopic (exact) mass is 638 g/mol. The molecule has 1 saturated carbocycles. The highest BCUT2D eigenvalue weighted by Gasteiger charge is 2.34. The third-order valence-corrected chi connectivity index (χ3v) is 7.82. The number of carbonyl (C=O) groups is 1. The molecule has 3 aromatic rings. The number of hydrogen-bond acceptors (Lipinski definition) is 8. The summed E-state index contributed by atoms with van der Waals surface area (Å²) in [6.45, 7) is 2.18. The highest BCUT2D eigenvalue weighted by atomic mass is 19.4. The predicted molar refractivity (Wildman–Crippen MR) is 150 cm³/mol. The Morgan fingerprint density at radius 3 is 2.22 bits per heavy atom. The summed E-state index contributed by atoms with van der Waals surface area (Å²) in [4.78, 5) is 19.7. The lowest BCUT2D eigenvalue weighted by molar-refractivity contribution is -0.139. The van der Waals surface area contributed by atoms with Gasteiger partial charge in [-0.1, -0.05) is 5.10 Å². The smallest absolute Gasteiger partial charge is 0.417 e. The number of aromatic nitrogens is 5. The molecule has 45 heavy (non-hydrogen) atoms. The summed E-state index contributed by atoms with van der Waals surface area (Å²) in [7, 11) is 1.47. The average Bonchev–Trinajstić information content (AvgIpc) is 3.41. The molecule has 2 aromatic heterocycles. The van der Waals surface area contributed by atoms with Crippen LogP contribution in [-0.4, -0.2) is 49.4 Å². The molecule has 0 amide bonds. The quantitative estimate of drug-likeness (QED) is 0.259. The van der Waals surface area contributed by atoms with Gasteiger partial charge in [-0.15, -0.1) is 5.10 Å². The summed E-state index contributed by atoms with van der Waals surface area (Å²) >= 11 is 0. The van der Waals surface area contributed by atoms with E-state index >= 15 is 0 Å². The number of benzene rings is 1. The van der Waals surface area contributed by atoms with Crippen molar-refractivity contribution < 1.29 is 36.2 Å². The molecule has 1 fully saturated rings. The number of aliphatic carboxylic acids is 1. The minimum Gasteiger partial charge on any atom is -0.481 e. The van der Waals surface area contributed by atoms with Crippen LogP contribution < -0.4 is 9.80 Å². The van der Waals surface area contributed by atoms with Gasteiger partial charge in [0.1, 0.15) is 5.82 Å². The van der Waals surface area contributed by atoms with Gasteiger partial charge in [-0.25, -0.2) is 4.98 Å². The van der Waals surface area contributed by atoms with Crippen LogP contribution in [0, 0.1) is 23.2 Å². The average molecular weight is 639 g/mol. The molecule has 0 bridgehead atoms.